The number of aromatic nitrogens is 3. The van der Waals surface area contributed by atoms with E-state index in [9.17, 15) is 9.18 Å². The van der Waals surface area contributed by atoms with Crippen molar-refractivity contribution in [3.05, 3.63) is 35.8 Å². The molecule has 5 nitrogen and oxygen atoms in total. The van der Waals surface area contributed by atoms with Crippen LogP contribution in [0.1, 0.15) is 23.7 Å². The Hall–Kier alpha value is -2.24. The van der Waals surface area contributed by atoms with Gasteiger partial charge in [0.15, 0.2) is 0 Å². The van der Waals surface area contributed by atoms with E-state index in [1.807, 2.05) is 6.92 Å². The Morgan fingerprint density at radius 3 is 2.89 bits per heavy atom. The smallest absolute Gasteiger partial charge is 0.335 e. The average Bonchev–Trinajstić information content (AvgIpc) is 2.77. The standard InChI is InChI=1S/C12H12FN3O2/c1-2-5-16-11(7-14-15-16)9-4-3-8(12(17)18)6-10(9)13/h3-4,6-7H,2,5H2,1H3,(H,17,18). The Morgan fingerprint density at radius 2 is 2.28 bits per heavy atom. The molecule has 0 aliphatic carbocycles. The van der Waals surface area contributed by atoms with E-state index < -0.39 is 11.8 Å². The van der Waals surface area contributed by atoms with E-state index in [4.69, 9.17) is 5.11 Å². The molecule has 0 atom stereocenters. The highest BCUT2D eigenvalue weighted by molar-refractivity contribution is 5.88. The van der Waals surface area contributed by atoms with E-state index >= 15 is 0 Å². The van der Waals surface area contributed by atoms with Crippen LogP contribution >= 0.6 is 0 Å². The molecule has 6 heteroatoms. The number of halogens is 1. The van der Waals surface area contributed by atoms with Crippen LogP contribution in [0.4, 0.5) is 4.39 Å². The molecule has 0 amide bonds. The first-order valence-electron chi connectivity index (χ1n) is 5.55. The molecular weight excluding hydrogens is 237 g/mol. The van der Waals surface area contributed by atoms with Gasteiger partial charge in [0.1, 0.15) is 5.82 Å². The molecule has 0 radical (unpaired) electrons. The van der Waals surface area contributed by atoms with E-state index in [-0.39, 0.29) is 5.56 Å². The van der Waals surface area contributed by atoms with Crippen molar-refractivity contribution in [1.29, 1.82) is 0 Å². The van der Waals surface area contributed by atoms with Gasteiger partial charge in [0.25, 0.3) is 0 Å². The normalized spacial score (nSPS) is 10.6. The lowest BCUT2D eigenvalue weighted by atomic mass is 10.1. The first kappa shape index (κ1) is 12.2. The summed E-state index contributed by atoms with van der Waals surface area (Å²) in [5.41, 5.74) is 0.774. The van der Waals surface area contributed by atoms with Crippen LogP contribution in [0.3, 0.4) is 0 Å². The number of benzene rings is 1. The molecule has 94 valence electrons. The molecule has 0 spiro atoms. The highest BCUT2D eigenvalue weighted by Crippen LogP contribution is 2.23. The SMILES string of the molecule is CCCn1nncc1-c1ccc(C(=O)O)cc1F. The molecule has 1 heterocycles. The Kier molecular flexibility index (Phi) is 3.36. The maximum atomic E-state index is 13.9. The van der Waals surface area contributed by atoms with E-state index in [1.54, 1.807) is 4.68 Å². The first-order chi connectivity index (χ1) is 8.63. The molecule has 2 rings (SSSR count). The average molecular weight is 249 g/mol. The largest absolute Gasteiger partial charge is 0.478 e. The number of nitrogens with zero attached hydrogens (tertiary/aromatic N) is 3. The Balaban J connectivity index is 2.44. The van der Waals surface area contributed by atoms with Crippen molar-refractivity contribution in [3.63, 3.8) is 0 Å². The van der Waals surface area contributed by atoms with Gasteiger partial charge in [-0.2, -0.15) is 0 Å². The Bertz CT molecular complexity index is 580. The van der Waals surface area contributed by atoms with Crippen LogP contribution in [-0.4, -0.2) is 26.1 Å². The molecule has 1 N–H and O–H groups in total. The number of carbonyl (C=O) groups is 1. The quantitative estimate of drug-likeness (QED) is 0.901. The summed E-state index contributed by atoms with van der Waals surface area (Å²) < 4.78 is 15.5. The lowest BCUT2D eigenvalue weighted by Crippen LogP contribution is -2.03. The number of hydrogen-bond acceptors (Lipinski definition) is 3. The van der Waals surface area contributed by atoms with Crippen molar-refractivity contribution in [2.24, 2.45) is 0 Å². The van der Waals surface area contributed by atoms with Gasteiger partial charge in [-0.1, -0.05) is 12.1 Å². The summed E-state index contributed by atoms with van der Waals surface area (Å²) in [6, 6.07) is 3.80. The molecule has 0 saturated carbocycles. The molecular formula is C12H12FN3O2. The summed E-state index contributed by atoms with van der Waals surface area (Å²) in [5, 5.41) is 16.4. The van der Waals surface area contributed by atoms with Gasteiger partial charge in [0, 0.05) is 12.1 Å². The fraction of sp³-hybridized carbons (Fsp3) is 0.250. The summed E-state index contributed by atoms with van der Waals surface area (Å²) in [7, 11) is 0. The van der Waals surface area contributed by atoms with Gasteiger partial charge in [-0.3, -0.25) is 0 Å². The van der Waals surface area contributed by atoms with Gasteiger partial charge in [0.05, 0.1) is 17.5 Å². The molecule has 0 fully saturated rings. The zero-order chi connectivity index (χ0) is 13.1. The summed E-state index contributed by atoms with van der Waals surface area (Å²) in [6.07, 6.45) is 2.32. The molecule has 0 saturated heterocycles. The second kappa shape index (κ2) is 4.95. The monoisotopic (exact) mass is 249 g/mol. The van der Waals surface area contributed by atoms with Crippen molar-refractivity contribution >= 4 is 5.97 Å². The van der Waals surface area contributed by atoms with Gasteiger partial charge in [-0.15, -0.1) is 5.10 Å². The minimum Gasteiger partial charge on any atom is -0.478 e. The van der Waals surface area contributed by atoms with Gasteiger partial charge in [-0.25, -0.2) is 13.9 Å². The van der Waals surface area contributed by atoms with E-state index in [1.165, 1.54) is 18.3 Å². The van der Waals surface area contributed by atoms with Crippen molar-refractivity contribution in [2.45, 2.75) is 19.9 Å². The van der Waals surface area contributed by atoms with Crippen LogP contribution in [0, 0.1) is 5.82 Å². The maximum Gasteiger partial charge on any atom is 0.335 e. The van der Waals surface area contributed by atoms with E-state index in [0.717, 1.165) is 12.5 Å². The highest BCUT2D eigenvalue weighted by atomic mass is 19.1. The molecule has 2 aromatic rings. The maximum absolute atomic E-state index is 13.9. The van der Waals surface area contributed by atoms with Gasteiger partial charge in [0.2, 0.25) is 0 Å². The number of hydrogen-bond donors (Lipinski definition) is 1. The van der Waals surface area contributed by atoms with E-state index in [2.05, 4.69) is 10.3 Å². The third kappa shape index (κ3) is 2.22. The van der Waals surface area contributed by atoms with Crippen LogP contribution in [-0.2, 0) is 6.54 Å². The minimum absolute atomic E-state index is 0.0780. The molecule has 0 unspecified atom stereocenters. The zero-order valence-electron chi connectivity index (χ0n) is 9.80. The summed E-state index contributed by atoms with van der Waals surface area (Å²) >= 11 is 0. The van der Waals surface area contributed by atoms with Crippen LogP contribution in [0.2, 0.25) is 0 Å². The number of aromatic carboxylic acids is 1. The predicted octanol–water partition coefficient (Wildman–Crippen LogP) is 2.19. The lowest BCUT2D eigenvalue weighted by Gasteiger charge is -2.06. The Labute approximate surface area is 103 Å². The highest BCUT2D eigenvalue weighted by Gasteiger charge is 2.13. The molecule has 1 aromatic carbocycles. The molecule has 1 aromatic heterocycles. The third-order valence-corrected chi connectivity index (χ3v) is 2.55. The fourth-order valence-electron chi connectivity index (χ4n) is 1.70. The van der Waals surface area contributed by atoms with E-state index in [0.29, 0.717) is 17.8 Å². The number of rotatable bonds is 4. The van der Waals surface area contributed by atoms with Crippen LogP contribution in [0.5, 0.6) is 0 Å². The number of carboxylic acids is 1. The Morgan fingerprint density at radius 1 is 1.50 bits per heavy atom. The molecule has 0 aliphatic heterocycles. The second-order valence-corrected chi connectivity index (χ2v) is 3.84. The van der Waals surface area contributed by atoms with Gasteiger partial charge >= 0.3 is 5.97 Å². The van der Waals surface area contributed by atoms with Crippen molar-refractivity contribution in [3.8, 4) is 11.3 Å². The fourth-order valence-corrected chi connectivity index (χ4v) is 1.70. The topological polar surface area (TPSA) is 68.0 Å². The van der Waals surface area contributed by atoms with Gasteiger partial charge < -0.3 is 5.11 Å². The summed E-state index contributed by atoms with van der Waals surface area (Å²) in [5.74, 6) is -1.74. The lowest BCUT2D eigenvalue weighted by molar-refractivity contribution is 0.0696. The third-order valence-electron chi connectivity index (χ3n) is 2.55. The van der Waals surface area contributed by atoms with Crippen LogP contribution < -0.4 is 0 Å². The van der Waals surface area contributed by atoms with Crippen molar-refractivity contribution in [2.75, 3.05) is 0 Å². The zero-order valence-corrected chi connectivity index (χ0v) is 9.80. The number of carboxylic acid groups (broad SMARTS) is 1. The molecule has 0 aliphatic rings. The number of aryl methyl sites for hydroxylation is 1. The van der Waals surface area contributed by atoms with Crippen molar-refractivity contribution < 1.29 is 14.3 Å². The molecule has 0 bridgehead atoms. The predicted molar refractivity (Wildman–Crippen MR) is 62.7 cm³/mol. The first-order valence-corrected chi connectivity index (χ1v) is 5.55. The summed E-state index contributed by atoms with van der Waals surface area (Å²) in [4.78, 5) is 10.7. The second-order valence-electron chi connectivity index (χ2n) is 3.84. The van der Waals surface area contributed by atoms with Crippen LogP contribution in [0.15, 0.2) is 24.4 Å². The molecule has 18 heavy (non-hydrogen) atoms. The summed E-state index contributed by atoms with van der Waals surface area (Å²) in [6.45, 7) is 2.62. The van der Waals surface area contributed by atoms with Crippen molar-refractivity contribution in [1.82, 2.24) is 15.0 Å². The van der Waals surface area contributed by atoms with Gasteiger partial charge in [-0.05, 0) is 24.6 Å². The minimum atomic E-state index is -1.15. The van der Waals surface area contributed by atoms with Crippen LogP contribution in [0.25, 0.3) is 11.3 Å².